The zero-order chi connectivity index (χ0) is 15.1. The fourth-order valence-electron chi connectivity index (χ4n) is 1.99. The van der Waals surface area contributed by atoms with Crippen LogP contribution in [-0.4, -0.2) is 10.2 Å². The first-order chi connectivity index (χ1) is 9.23. The minimum Gasteiger partial charge on any atom is -0.506 e. The van der Waals surface area contributed by atoms with E-state index in [9.17, 15) is 10.2 Å². The molecule has 2 N–H and O–H groups in total. The van der Waals surface area contributed by atoms with Gasteiger partial charge in [0.05, 0.1) is 14.0 Å². The maximum atomic E-state index is 9.80. The van der Waals surface area contributed by atoms with Crippen molar-refractivity contribution < 1.29 is 10.2 Å². The van der Waals surface area contributed by atoms with Gasteiger partial charge in [0.25, 0.3) is 0 Å². The average Bonchev–Trinajstić information content (AvgIpc) is 2.38. The molecule has 0 saturated heterocycles. The van der Waals surface area contributed by atoms with E-state index in [0.29, 0.717) is 14.0 Å². The minimum atomic E-state index is -0.323. The molecule has 2 rings (SSSR count). The lowest BCUT2D eigenvalue weighted by atomic mass is 9.78. The van der Waals surface area contributed by atoms with E-state index in [0.717, 1.165) is 11.1 Å². The number of halogens is 3. The molecular formula is C15H13Br2ClO2. The molecule has 0 amide bonds. The van der Waals surface area contributed by atoms with Crippen molar-refractivity contribution in [3.8, 4) is 11.5 Å². The van der Waals surface area contributed by atoms with Crippen molar-refractivity contribution in [2.24, 2.45) is 0 Å². The molecule has 0 aliphatic rings. The first kappa shape index (κ1) is 15.7. The number of phenolic OH excluding ortho intramolecular Hbond substituents is 2. The summed E-state index contributed by atoms with van der Waals surface area (Å²) in [4.78, 5) is 0. The molecule has 2 nitrogen and oxygen atoms in total. The Morgan fingerprint density at radius 3 is 2.00 bits per heavy atom. The molecule has 0 saturated carbocycles. The lowest BCUT2D eigenvalue weighted by Crippen LogP contribution is -2.19. The van der Waals surface area contributed by atoms with Gasteiger partial charge in [0.2, 0.25) is 0 Å². The van der Waals surface area contributed by atoms with Crippen LogP contribution < -0.4 is 0 Å². The largest absolute Gasteiger partial charge is 0.506 e. The van der Waals surface area contributed by atoms with Crippen LogP contribution in [0.4, 0.5) is 0 Å². The van der Waals surface area contributed by atoms with Crippen LogP contribution in [0.1, 0.15) is 25.0 Å². The highest BCUT2D eigenvalue weighted by atomic mass is 79.9. The van der Waals surface area contributed by atoms with Crippen molar-refractivity contribution in [2.45, 2.75) is 19.3 Å². The van der Waals surface area contributed by atoms with Gasteiger partial charge in [0, 0.05) is 5.41 Å². The third-order valence-electron chi connectivity index (χ3n) is 3.41. The molecule has 106 valence electrons. The molecule has 0 spiro atoms. The summed E-state index contributed by atoms with van der Waals surface area (Å²) in [6, 6.07) is 8.94. The molecule has 0 bridgehead atoms. The Morgan fingerprint density at radius 1 is 0.950 bits per heavy atom. The van der Waals surface area contributed by atoms with Gasteiger partial charge in [-0.25, -0.2) is 0 Å². The molecule has 2 aromatic carbocycles. The van der Waals surface area contributed by atoms with Gasteiger partial charge in [0.15, 0.2) is 0 Å². The average molecular weight is 421 g/mol. The van der Waals surface area contributed by atoms with Crippen LogP contribution in [0.5, 0.6) is 11.5 Å². The highest BCUT2D eigenvalue weighted by Crippen LogP contribution is 2.41. The first-order valence-corrected chi connectivity index (χ1v) is 7.87. The molecule has 0 aliphatic heterocycles. The van der Waals surface area contributed by atoms with E-state index in [-0.39, 0.29) is 16.9 Å². The van der Waals surface area contributed by atoms with Gasteiger partial charge in [0.1, 0.15) is 11.5 Å². The third kappa shape index (κ3) is 2.83. The molecule has 0 aliphatic carbocycles. The molecule has 0 heterocycles. The van der Waals surface area contributed by atoms with Crippen molar-refractivity contribution in [1.82, 2.24) is 0 Å². The van der Waals surface area contributed by atoms with Crippen LogP contribution in [-0.2, 0) is 5.41 Å². The summed E-state index contributed by atoms with van der Waals surface area (Å²) >= 11 is 12.7. The quantitative estimate of drug-likeness (QED) is 0.664. The Balaban J connectivity index is 2.56. The van der Waals surface area contributed by atoms with Gasteiger partial charge < -0.3 is 10.2 Å². The Morgan fingerprint density at radius 2 is 1.50 bits per heavy atom. The van der Waals surface area contributed by atoms with Gasteiger partial charge in [-0.3, -0.25) is 0 Å². The number of hydrogen-bond donors (Lipinski definition) is 2. The van der Waals surface area contributed by atoms with Crippen molar-refractivity contribution in [3.05, 3.63) is 55.4 Å². The summed E-state index contributed by atoms with van der Waals surface area (Å²) < 4.78 is 1.25. The highest BCUT2D eigenvalue weighted by molar-refractivity contribution is 9.11. The molecular weight excluding hydrogens is 407 g/mol. The summed E-state index contributed by atoms with van der Waals surface area (Å²) in [5.41, 5.74) is 1.66. The third-order valence-corrected chi connectivity index (χ3v) is 4.92. The number of hydrogen-bond acceptors (Lipinski definition) is 2. The maximum Gasteiger partial charge on any atom is 0.143 e. The second-order valence-electron chi connectivity index (χ2n) is 5.08. The molecule has 5 heteroatoms. The topological polar surface area (TPSA) is 40.5 Å². The molecule has 0 atom stereocenters. The van der Waals surface area contributed by atoms with E-state index in [1.54, 1.807) is 12.1 Å². The van der Waals surface area contributed by atoms with E-state index >= 15 is 0 Å². The van der Waals surface area contributed by atoms with Crippen molar-refractivity contribution >= 4 is 43.5 Å². The normalized spacial score (nSPS) is 11.7. The summed E-state index contributed by atoms with van der Waals surface area (Å²) in [5.74, 6) is 0.243. The predicted molar refractivity (Wildman–Crippen MR) is 88.8 cm³/mol. The van der Waals surface area contributed by atoms with Gasteiger partial charge in [-0.2, -0.15) is 0 Å². The van der Waals surface area contributed by atoms with Crippen LogP contribution in [0.2, 0.25) is 5.02 Å². The molecule has 0 fully saturated rings. The smallest absolute Gasteiger partial charge is 0.143 e. The highest BCUT2D eigenvalue weighted by Gasteiger charge is 2.25. The van der Waals surface area contributed by atoms with Crippen LogP contribution in [0.25, 0.3) is 0 Å². The molecule has 20 heavy (non-hydrogen) atoms. The number of rotatable bonds is 2. The molecule has 0 unspecified atom stereocenters. The fraction of sp³-hybridized carbons (Fsp3) is 0.200. The fourth-order valence-corrected chi connectivity index (χ4v) is 3.36. The van der Waals surface area contributed by atoms with Gasteiger partial charge in [-0.15, -0.1) is 0 Å². The maximum absolute atomic E-state index is 9.80. The van der Waals surface area contributed by atoms with Gasteiger partial charge in [-0.1, -0.05) is 31.5 Å². The van der Waals surface area contributed by atoms with E-state index < -0.39 is 0 Å². The summed E-state index contributed by atoms with van der Waals surface area (Å²) in [6.07, 6.45) is 0. The molecule has 0 radical (unpaired) electrons. The minimum absolute atomic E-state index is 0.0688. The Labute approximate surface area is 139 Å². The standard InChI is InChI=1S/C15H13Br2ClO2/c1-15(2,8-3-4-13(19)12(18)7-8)9-5-10(16)14(20)11(17)6-9/h3-7,19-20H,1-2H3. The SMILES string of the molecule is CC(C)(c1ccc(O)c(Cl)c1)c1cc(Br)c(O)c(Br)c1. The van der Waals surface area contributed by atoms with E-state index in [1.807, 2.05) is 18.2 Å². The van der Waals surface area contributed by atoms with E-state index in [2.05, 4.69) is 45.7 Å². The Kier molecular flexibility index (Phi) is 4.38. The van der Waals surface area contributed by atoms with Crippen molar-refractivity contribution in [2.75, 3.05) is 0 Å². The van der Waals surface area contributed by atoms with E-state index in [1.165, 1.54) is 0 Å². The van der Waals surface area contributed by atoms with Crippen LogP contribution >= 0.6 is 43.5 Å². The van der Waals surface area contributed by atoms with Gasteiger partial charge >= 0.3 is 0 Å². The van der Waals surface area contributed by atoms with Crippen molar-refractivity contribution in [1.29, 1.82) is 0 Å². The van der Waals surface area contributed by atoms with Crippen LogP contribution in [0.3, 0.4) is 0 Å². The molecule has 2 aromatic rings. The predicted octanol–water partition coefficient (Wildman–Crippen LogP) is 5.60. The number of phenols is 2. The zero-order valence-electron chi connectivity index (χ0n) is 10.9. The second-order valence-corrected chi connectivity index (χ2v) is 7.20. The number of aromatic hydroxyl groups is 2. The van der Waals surface area contributed by atoms with E-state index in [4.69, 9.17) is 11.6 Å². The first-order valence-electron chi connectivity index (χ1n) is 5.91. The lowest BCUT2D eigenvalue weighted by molar-refractivity contribution is 0.467. The Bertz CT molecular complexity index is 646. The number of benzene rings is 2. The summed E-state index contributed by atoms with van der Waals surface area (Å²) in [6.45, 7) is 4.11. The van der Waals surface area contributed by atoms with Crippen LogP contribution in [0, 0.1) is 0 Å². The lowest BCUT2D eigenvalue weighted by Gasteiger charge is -2.27. The second kappa shape index (κ2) is 5.58. The monoisotopic (exact) mass is 418 g/mol. The molecule has 0 aromatic heterocycles. The summed E-state index contributed by atoms with van der Waals surface area (Å²) in [5, 5.41) is 19.7. The summed E-state index contributed by atoms with van der Waals surface area (Å²) in [7, 11) is 0. The van der Waals surface area contributed by atoms with Crippen molar-refractivity contribution in [3.63, 3.8) is 0 Å². The van der Waals surface area contributed by atoms with Gasteiger partial charge in [-0.05, 0) is 67.3 Å². The zero-order valence-corrected chi connectivity index (χ0v) is 14.8. The Hall–Kier alpha value is -0.710. The van der Waals surface area contributed by atoms with Crippen LogP contribution in [0.15, 0.2) is 39.3 Å².